The highest BCUT2D eigenvalue weighted by Gasteiger charge is 2.48. The second-order valence-corrected chi connectivity index (χ2v) is 8.56. The van der Waals surface area contributed by atoms with Crippen molar-refractivity contribution in [3.05, 3.63) is 81.6 Å². The molecule has 1 fully saturated rings. The normalized spacial score (nSPS) is 17.0. The number of aliphatic hydroxyl groups excluding tert-OH is 1. The predicted molar refractivity (Wildman–Crippen MR) is 127 cm³/mol. The van der Waals surface area contributed by atoms with Crippen LogP contribution in [-0.4, -0.2) is 41.5 Å². The lowest BCUT2D eigenvalue weighted by molar-refractivity contribution is -0.132. The van der Waals surface area contributed by atoms with Crippen LogP contribution in [0.3, 0.4) is 0 Å². The number of aliphatic hydroxyl groups is 1. The molecule has 0 bridgehead atoms. The summed E-state index contributed by atoms with van der Waals surface area (Å²) in [5.41, 5.74) is 0.816. The Balaban J connectivity index is 1.89. The third-order valence-corrected chi connectivity index (χ3v) is 6.57. The Morgan fingerprint density at radius 2 is 1.80 bits per heavy atom. The van der Waals surface area contributed by atoms with E-state index in [0.717, 1.165) is 16.2 Å². The van der Waals surface area contributed by atoms with E-state index in [4.69, 9.17) is 9.47 Å². The van der Waals surface area contributed by atoms with Gasteiger partial charge in [-0.25, -0.2) is 14.2 Å². The third kappa shape index (κ3) is 4.40. The number of anilines is 1. The van der Waals surface area contributed by atoms with Crippen LogP contribution in [0.25, 0.3) is 5.76 Å². The highest BCUT2D eigenvalue weighted by Crippen LogP contribution is 2.44. The topological polar surface area (TPSA) is 106 Å². The molecule has 35 heavy (non-hydrogen) atoms. The zero-order chi connectivity index (χ0) is 25.3. The first-order chi connectivity index (χ1) is 16.8. The molecule has 0 aliphatic carbocycles. The van der Waals surface area contributed by atoms with Crippen LogP contribution < -0.4 is 9.64 Å². The van der Waals surface area contributed by atoms with Crippen LogP contribution in [0.15, 0.2) is 54.1 Å². The van der Waals surface area contributed by atoms with Crippen molar-refractivity contribution in [2.75, 3.05) is 18.6 Å². The zero-order valence-electron chi connectivity index (χ0n) is 19.1. The maximum atomic E-state index is 13.7. The highest BCUT2D eigenvalue weighted by atomic mass is 32.1. The van der Waals surface area contributed by atoms with E-state index in [2.05, 4.69) is 4.98 Å². The number of ketones is 1. The van der Waals surface area contributed by atoms with Crippen LogP contribution in [0.4, 0.5) is 9.52 Å². The largest absolute Gasteiger partial charge is 0.507 e. The van der Waals surface area contributed by atoms with Gasteiger partial charge in [0, 0.05) is 5.56 Å². The van der Waals surface area contributed by atoms with Gasteiger partial charge in [0.1, 0.15) is 22.2 Å². The van der Waals surface area contributed by atoms with Crippen molar-refractivity contribution in [3.63, 3.8) is 0 Å². The first-order valence-electron chi connectivity index (χ1n) is 10.6. The molecule has 180 valence electrons. The fourth-order valence-corrected chi connectivity index (χ4v) is 4.80. The number of thiazole rings is 1. The quantitative estimate of drug-likeness (QED) is 0.233. The molecule has 1 N–H and O–H groups in total. The summed E-state index contributed by atoms with van der Waals surface area (Å²) in [5.74, 6) is -2.82. The van der Waals surface area contributed by atoms with Gasteiger partial charge in [-0.1, -0.05) is 23.5 Å². The van der Waals surface area contributed by atoms with Crippen molar-refractivity contribution in [2.45, 2.75) is 19.9 Å². The van der Waals surface area contributed by atoms with Gasteiger partial charge in [0.05, 0.1) is 31.0 Å². The van der Waals surface area contributed by atoms with E-state index >= 15 is 0 Å². The van der Waals surface area contributed by atoms with Crippen LogP contribution >= 0.6 is 11.3 Å². The van der Waals surface area contributed by atoms with Crippen molar-refractivity contribution >= 4 is 39.9 Å². The fraction of sp³-hybridized carbons (Fsp3) is 0.200. The number of hydrogen-bond donors (Lipinski definition) is 1. The van der Waals surface area contributed by atoms with Crippen LogP contribution in [0.2, 0.25) is 0 Å². The molecule has 0 unspecified atom stereocenters. The van der Waals surface area contributed by atoms with Gasteiger partial charge in [-0.2, -0.15) is 0 Å². The SMILES string of the molecule is CCOc1ccc(/C(O)=C2\C(=O)C(=O)N(c3nc(C)c(C(=O)OC)s3)[C@@H]2c2ccc(F)cc2)cc1. The summed E-state index contributed by atoms with van der Waals surface area (Å²) in [6, 6.07) is 10.5. The maximum absolute atomic E-state index is 13.7. The summed E-state index contributed by atoms with van der Waals surface area (Å²) in [6.07, 6.45) is 0. The van der Waals surface area contributed by atoms with Crippen LogP contribution in [0.5, 0.6) is 5.75 Å². The molecule has 8 nitrogen and oxygen atoms in total. The number of methoxy groups -OCH3 is 1. The monoisotopic (exact) mass is 496 g/mol. The first kappa shape index (κ1) is 24.1. The number of aryl methyl sites for hydroxylation is 1. The van der Waals surface area contributed by atoms with E-state index in [1.807, 2.05) is 6.92 Å². The molecule has 4 rings (SSSR count). The van der Waals surface area contributed by atoms with Crippen molar-refractivity contribution in [2.24, 2.45) is 0 Å². The lowest BCUT2D eigenvalue weighted by Crippen LogP contribution is -2.29. The number of halogens is 1. The minimum Gasteiger partial charge on any atom is -0.507 e. The van der Waals surface area contributed by atoms with Gasteiger partial charge in [-0.3, -0.25) is 14.5 Å². The van der Waals surface area contributed by atoms with E-state index in [1.165, 1.54) is 31.4 Å². The molecular weight excluding hydrogens is 475 g/mol. The predicted octanol–water partition coefficient (Wildman–Crippen LogP) is 4.40. The molecule has 1 atom stereocenters. The minimum absolute atomic E-state index is 0.0741. The number of rotatable bonds is 6. The summed E-state index contributed by atoms with van der Waals surface area (Å²) in [7, 11) is 1.22. The maximum Gasteiger partial charge on any atom is 0.350 e. The Hall–Kier alpha value is -4.05. The molecule has 0 spiro atoms. The Labute approximate surface area is 204 Å². The summed E-state index contributed by atoms with van der Waals surface area (Å²) < 4.78 is 23.9. The second kappa shape index (κ2) is 9.67. The molecule has 1 saturated heterocycles. The van der Waals surface area contributed by atoms with Crippen molar-refractivity contribution in [1.82, 2.24) is 4.98 Å². The zero-order valence-corrected chi connectivity index (χ0v) is 19.9. The molecule has 2 heterocycles. The number of Topliss-reactive ketones (excluding diaryl/α,β-unsaturated/α-hetero) is 1. The number of aromatic nitrogens is 1. The van der Waals surface area contributed by atoms with Crippen LogP contribution in [0, 0.1) is 12.7 Å². The van der Waals surface area contributed by atoms with Gasteiger partial charge >= 0.3 is 11.9 Å². The fourth-order valence-electron chi connectivity index (χ4n) is 3.79. The Morgan fingerprint density at radius 1 is 1.14 bits per heavy atom. The molecule has 1 aliphatic rings. The molecule has 1 amide bonds. The van der Waals surface area contributed by atoms with Gasteiger partial charge < -0.3 is 14.6 Å². The summed E-state index contributed by atoms with van der Waals surface area (Å²) in [6.45, 7) is 3.88. The lowest BCUT2D eigenvalue weighted by atomic mass is 9.95. The Bertz CT molecular complexity index is 1330. The number of benzene rings is 2. The molecular formula is C25H21FN2O6S. The van der Waals surface area contributed by atoms with Gasteiger partial charge in [-0.15, -0.1) is 0 Å². The molecule has 3 aromatic rings. The second-order valence-electron chi connectivity index (χ2n) is 7.58. The van der Waals surface area contributed by atoms with E-state index in [-0.39, 0.29) is 15.6 Å². The molecule has 2 aromatic carbocycles. The number of ether oxygens (including phenoxy) is 2. The summed E-state index contributed by atoms with van der Waals surface area (Å²) >= 11 is 0.886. The molecule has 0 radical (unpaired) electrons. The van der Waals surface area contributed by atoms with Gasteiger partial charge in [0.2, 0.25) is 0 Å². The van der Waals surface area contributed by atoms with E-state index in [9.17, 15) is 23.9 Å². The standard InChI is InChI=1S/C25H21FN2O6S/c1-4-34-17-11-7-15(8-12-17)20(29)18-19(14-5-9-16(26)10-6-14)28(23(31)21(18)30)25-27-13(2)22(35-25)24(32)33-3/h5-12,19,29H,4H2,1-3H3/b20-18+/t19-/m1/s1. The summed E-state index contributed by atoms with van der Waals surface area (Å²) in [5, 5.41) is 11.2. The van der Waals surface area contributed by atoms with E-state index in [0.29, 0.717) is 29.2 Å². The number of nitrogens with zero attached hydrogens (tertiary/aromatic N) is 2. The highest BCUT2D eigenvalue weighted by molar-refractivity contribution is 7.17. The number of esters is 1. The molecule has 1 aromatic heterocycles. The Morgan fingerprint density at radius 3 is 2.40 bits per heavy atom. The van der Waals surface area contributed by atoms with Crippen molar-refractivity contribution in [1.29, 1.82) is 0 Å². The lowest BCUT2D eigenvalue weighted by Gasteiger charge is -2.23. The van der Waals surface area contributed by atoms with Gasteiger partial charge in [-0.05, 0) is 55.8 Å². The summed E-state index contributed by atoms with van der Waals surface area (Å²) in [4.78, 5) is 44.1. The average Bonchev–Trinajstić information content (AvgIpc) is 3.36. The average molecular weight is 497 g/mol. The van der Waals surface area contributed by atoms with E-state index in [1.54, 1.807) is 31.2 Å². The van der Waals surface area contributed by atoms with Crippen LogP contribution in [-0.2, 0) is 14.3 Å². The molecule has 10 heteroatoms. The van der Waals surface area contributed by atoms with Gasteiger partial charge in [0.15, 0.2) is 5.13 Å². The number of carbonyl (C=O) groups is 3. The number of hydrogen-bond acceptors (Lipinski definition) is 8. The molecule has 0 saturated carbocycles. The van der Waals surface area contributed by atoms with Gasteiger partial charge in [0.25, 0.3) is 5.78 Å². The molecule has 1 aliphatic heterocycles. The number of carbonyl (C=O) groups excluding carboxylic acids is 3. The minimum atomic E-state index is -1.10. The number of amides is 1. The van der Waals surface area contributed by atoms with Crippen LogP contribution in [0.1, 0.15) is 39.5 Å². The Kier molecular flexibility index (Phi) is 6.65. The van der Waals surface area contributed by atoms with Crippen molar-refractivity contribution < 1.29 is 33.4 Å². The van der Waals surface area contributed by atoms with E-state index < -0.39 is 35.3 Å². The van der Waals surface area contributed by atoms with Crippen molar-refractivity contribution in [3.8, 4) is 5.75 Å². The smallest absolute Gasteiger partial charge is 0.350 e. The first-order valence-corrected chi connectivity index (χ1v) is 11.4. The third-order valence-electron chi connectivity index (χ3n) is 5.43.